The third-order valence-electron chi connectivity index (χ3n) is 6.18. The zero-order chi connectivity index (χ0) is 26.2. The average Bonchev–Trinajstić information content (AvgIpc) is 3.23. The van der Waals surface area contributed by atoms with Crippen molar-refractivity contribution in [3.05, 3.63) is 95.6 Å². The molecule has 0 heterocycles. The van der Waals surface area contributed by atoms with E-state index in [1.807, 2.05) is 42.5 Å². The van der Waals surface area contributed by atoms with Crippen LogP contribution < -0.4 is 16.0 Å². The Labute approximate surface area is 214 Å². The normalized spacial score (nSPS) is 13.8. The van der Waals surface area contributed by atoms with E-state index in [-0.39, 0.29) is 25.5 Å². The fourth-order valence-electron chi connectivity index (χ4n) is 4.40. The van der Waals surface area contributed by atoms with Crippen LogP contribution in [0.5, 0.6) is 0 Å². The highest BCUT2D eigenvalue weighted by Crippen LogP contribution is 2.44. The molecule has 0 bridgehead atoms. The number of carbonyl (C=O) groups is 3. The maximum Gasteiger partial charge on any atom is 0.326 e. The summed E-state index contributed by atoms with van der Waals surface area (Å²) in [6.07, 6.45) is -1.27. The lowest BCUT2D eigenvalue weighted by Crippen LogP contribution is -2.48. The fraction of sp³-hybridized carbons (Fsp3) is 0.250. The summed E-state index contributed by atoms with van der Waals surface area (Å²) >= 11 is 0. The molecule has 1 aliphatic rings. The molecule has 5 N–H and O–H groups in total. The predicted molar refractivity (Wildman–Crippen MR) is 136 cm³/mol. The molecular formula is C28H29N3O6. The molecule has 0 saturated heterocycles. The highest BCUT2D eigenvalue weighted by molar-refractivity contribution is 5.88. The molecule has 0 saturated carbocycles. The Morgan fingerprint density at radius 2 is 1.41 bits per heavy atom. The number of amides is 2. The number of rotatable bonds is 12. The van der Waals surface area contributed by atoms with E-state index in [0.29, 0.717) is 0 Å². The van der Waals surface area contributed by atoms with Gasteiger partial charge in [0, 0.05) is 12.3 Å². The topological polar surface area (TPSA) is 137 Å². The number of aliphatic carboxylic acids is 1. The Balaban J connectivity index is 1.19. The molecule has 2 amide bonds. The average molecular weight is 504 g/mol. The number of aliphatic hydroxyl groups is 1. The van der Waals surface area contributed by atoms with Gasteiger partial charge in [0.05, 0.1) is 19.7 Å². The summed E-state index contributed by atoms with van der Waals surface area (Å²) in [4.78, 5) is 35.8. The molecular weight excluding hydrogens is 474 g/mol. The molecule has 0 aliphatic heterocycles. The molecule has 3 aromatic carbocycles. The Kier molecular flexibility index (Phi) is 8.63. The number of hydrogen-bond acceptors (Lipinski definition) is 6. The van der Waals surface area contributed by atoms with Crippen LogP contribution in [0.25, 0.3) is 11.1 Å². The van der Waals surface area contributed by atoms with E-state index >= 15 is 0 Å². The first-order chi connectivity index (χ1) is 17.9. The van der Waals surface area contributed by atoms with Gasteiger partial charge in [-0.25, -0.2) is 4.79 Å². The third-order valence-corrected chi connectivity index (χ3v) is 6.18. The number of carboxylic acids is 1. The van der Waals surface area contributed by atoms with Crippen molar-refractivity contribution >= 4 is 17.8 Å². The third kappa shape index (κ3) is 6.79. The highest BCUT2D eigenvalue weighted by Gasteiger charge is 2.28. The summed E-state index contributed by atoms with van der Waals surface area (Å²) in [5, 5.41) is 27.0. The van der Waals surface area contributed by atoms with Crippen LogP contribution >= 0.6 is 0 Å². The molecule has 9 nitrogen and oxygen atoms in total. The summed E-state index contributed by atoms with van der Waals surface area (Å²) in [5.41, 5.74) is 5.28. The van der Waals surface area contributed by atoms with Crippen molar-refractivity contribution in [2.45, 2.75) is 24.8 Å². The number of carbonyl (C=O) groups excluding carboxylic acids is 2. The van der Waals surface area contributed by atoms with E-state index in [9.17, 15) is 24.6 Å². The molecule has 3 aromatic rings. The van der Waals surface area contributed by atoms with Gasteiger partial charge in [0.2, 0.25) is 18.2 Å². The van der Waals surface area contributed by atoms with Crippen molar-refractivity contribution in [2.75, 3.05) is 19.7 Å². The minimum atomic E-state index is -1.39. The quantitative estimate of drug-likeness (QED) is 0.237. The lowest BCUT2D eigenvalue weighted by molar-refractivity contribution is -0.141. The molecule has 0 radical (unpaired) electrons. The number of ether oxygens (including phenoxy) is 1. The second kappa shape index (κ2) is 12.3. The zero-order valence-electron chi connectivity index (χ0n) is 20.1. The number of hydrogen-bond donors (Lipinski definition) is 5. The molecule has 0 spiro atoms. The second-order valence-electron chi connectivity index (χ2n) is 8.72. The summed E-state index contributed by atoms with van der Waals surface area (Å²) in [6, 6.07) is 23.9. The first-order valence-corrected chi connectivity index (χ1v) is 12.0. The minimum absolute atomic E-state index is 0.0422. The van der Waals surface area contributed by atoms with Crippen molar-refractivity contribution in [1.82, 2.24) is 16.0 Å². The van der Waals surface area contributed by atoms with Crippen LogP contribution in [0.4, 0.5) is 0 Å². The van der Waals surface area contributed by atoms with Crippen LogP contribution in [0.3, 0.4) is 0 Å². The van der Waals surface area contributed by atoms with Crippen LogP contribution in [-0.4, -0.2) is 60.1 Å². The van der Waals surface area contributed by atoms with E-state index in [1.165, 1.54) is 0 Å². The maximum absolute atomic E-state index is 12.2. The Morgan fingerprint density at radius 1 is 0.811 bits per heavy atom. The van der Waals surface area contributed by atoms with E-state index in [1.54, 1.807) is 24.3 Å². The van der Waals surface area contributed by atoms with Crippen molar-refractivity contribution in [3.63, 3.8) is 0 Å². The molecule has 1 aliphatic carbocycles. The van der Waals surface area contributed by atoms with Crippen molar-refractivity contribution in [1.29, 1.82) is 0 Å². The van der Waals surface area contributed by atoms with Crippen LogP contribution in [0, 0.1) is 0 Å². The maximum atomic E-state index is 12.2. The lowest BCUT2D eigenvalue weighted by Gasteiger charge is -2.18. The SMILES string of the molecule is O=C(CNC(O)OCC1c2ccccc2-c2ccccc21)NCC(=O)N[C@@H](Cc1ccccc1)C(=O)O. The van der Waals surface area contributed by atoms with Crippen molar-refractivity contribution < 1.29 is 29.3 Å². The van der Waals surface area contributed by atoms with E-state index in [2.05, 4.69) is 28.1 Å². The van der Waals surface area contributed by atoms with Gasteiger partial charge in [-0.2, -0.15) is 0 Å². The van der Waals surface area contributed by atoms with Crippen molar-refractivity contribution in [2.24, 2.45) is 0 Å². The van der Waals surface area contributed by atoms with Gasteiger partial charge in [-0.1, -0.05) is 78.9 Å². The van der Waals surface area contributed by atoms with Crippen LogP contribution in [0.1, 0.15) is 22.6 Å². The largest absolute Gasteiger partial charge is 0.480 e. The van der Waals surface area contributed by atoms with Crippen molar-refractivity contribution in [3.8, 4) is 11.1 Å². The Morgan fingerprint density at radius 3 is 2.03 bits per heavy atom. The van der Waals surface area contributed by atoms with Gasteiger partial charge in [-0.05, 0) is 27.8 Å². The number of benzene rings is 3. The van der Waals surface area contributed by atoms with Gasteiger partial charge in [0.15, 0.2) is 0 Å². The second-order valence-corrected chi connectivity index (χ2v) is 8.72. The fourth-order valence-corrected chi connectivity index (χ4v) is 4.40. The number of aliphatic hydroxyl groups excluding tert-OH is 1. The Hall–Kier alpha value is -4.05. The van der Waals surface area contributed by atoms with Crippen LogP contribution in [-0.2, 0) is 25.5 Å². The smallest absolute Gasteiger partial charge is 0.326 e. The van der Waals surface area contributed by atoms with E-state index < -0.39 is 36.8 Å². The van der Waals surface area contributed by atoms with Gasteiger partial charge in [0.1, 0.15) is 6.04 Å². The molecule has 37 heavy (non-hydrogen) atoms. The number of nitrogens with one attached hydrogen (secondary N) is 3. The predicted octanol–water partition coefficient (Wildman–Crippen LogP) is 1.61. The van der Waals surface area contributed by atoms with Gasteiger partial charge in [0.25, 0.3) is 0 Å². The van der Waals surface area contributed by atoms with E-state index in [0.717, 1.165) is 27.8 Å². The number of carboxylic acid groups (broad SMARTS) is 1. The summed E-state index contributed by atoms with van der Waals surface area (Å²) in [7, 11) is 0. The summed E-state index contributed by atoms with van der Waals surface area (Å²) in [5.74, 6) is -2.39. The summed E-state index contributed by atoms with van der Waals surface area (Å²) < 4.78 is 5.57. The molecule has 2 atom stereocenters. The van der Waals surface area contributed by atoms with Gasteiger partial charge >= 0.3 is 5.97 Å². The molecule has 4 rings (SSSR count). The standard InChI is InChI=1S/C28H29N3O6/c32-25(29-16-26(33)31-24(27(34)35)14-18-8-2-1-3-9-18)15-30-28(36)37-17-23-21-12-6-4-10-19(21)20-11-5-7-13-22(20)23/h1-13,23-24,28,30,36H,14-17H2,(H,29,32)(H,31,33)(H,34,35)/t24-,28?/m0/s1. The molecule has 1 unspecified atom stereocenters. The van der Waals surface area contributed by atoms with Crippen LogP contribution in [0.15, 0.2) is 78.9 Å². The van der Waals surface area contributed by atoms with E-state index in [4.69, 9.17) is 4.74 Å². The number of fused-ring (bicyclic) bond motifs is 3. The molecule has 9 heteroatoms. The highest BCUT2D eigenvalue weighted by atomic mass is 16.6. The minimum Gasteiger partial charge on any atom is -0.480 e. The zero-order valence-corrected chi connectivity index (χ0v) is 20.1. The first-order valence-electron chi connectivity index (χ1n) is 12.0. The first kappa shape index (κ1) is 26.0. The monoisotopic (exact) mass is 503 g/mol. The summed E-state index contributed by atoms with van der Waals surface area (Å²) in [6.45, 7) is -0.478. The van der Waals surface area contributed by atoms with Gasteiger partial charge in [-0.3, -0.25) is 14.9 Å². The molecule has 0 aromatic heterocycles. The van der Waals surface area contributed by atoms with Gasteiger partial charge in [-0.15, -0.1) is 0 Å². The van der Waals surface area contributed by atoms with Crippen LogP contribution in [0.2, 0.25) is 0 Å². The van der Waals surface area contributed by atoms with Gasteiger partial charge < -0.3 is 25.6 Å². The molecule has 192 valence electrons. The molecule has 0 fully saturated rings. The lowest BCUT2D eigenvalue weighted by atomic mass is 9.98. The Bertz CT molecular complexity index is 1200.